The third-order valence-corrected chi connectivity index (χ3v) is 3.52. The highest BCUT2D eigenvalue weighted by Gasteiger charge is 2.24. The van der Waals surface area contributed by atoms with Gasteiger partial charge in [0.05, 0.1) is 12.1 Å². The fourth-order valence-corrected chi connectivity index (χ4v) is 2.33. The number of amides is 1. The van der Waals surface area contributed by atoms with Gasteiger partial charge in [-0.15, -0.1) is 0 Å². The summed E-state index contributed by atoms with van der Waals surface area (Å²) in [7, 11) is 0.849. The molecule has 0 saturated carbocycles. The number of nitrogens with one attached hydrogen (secondary N) is 1. The van der Waals surface area contributed by atoms with Crippen LogP contribution in [0.25, 0.3) is 0 Å². The summed E-state index contributed by atoms with van der Waals surface area (Å²) in [6, 6.07) is 1.71. The van der Waals surface area contributed by atoms with Crippen molar-refractivity contribution >= 4 is 25.6 Å². The number of halogens is 2. The van der Waals surface area contributed by atoms with Gasteiger partial charge in [-0.2, -0.15) is 0 Å². The molecule has 1 N–H and O–H groups in total. The van der Waals surface area contributed by atoms with Crippen molar-refractivity contribution in [1.82, 2.24) is 5.32 Å². The maximum Gasteiger partial charge on any atom is 0.264 e. The Kier molecular flexibility index (Phi) is 2.96. The molecule has 0 saturated heterocycles. The van der Waals surface area contributed by atoms with Gasteiger partial charge in [0.25, 0.3) is 15.0 Å². The Morgan fingerprint density at radius 3 is 2.76 bits per heavy atom. The van der Waals surface area contributed by atoms with Crippen LogP contribution in [0.5, 0.6) is 5.75 Å². The summed E-state index contributed by atoms with van der Waals surface area (Å²) in [4.78, 5) is 10.8. The Bertz CT molecular complexity index is 587. The van der Waals surface area contributed by atoms with Gasteiger partial charge in [-0.3, -0.25) is 4.79 Å². The second-order valence-corrected chi connectivity index (χ2v) is 5.86. The third-order valence-electron chi connectivity index (χ3n) is 2.19. The van der Waals surface area contributed by atoms with Crippen molar-refractivity contribution in [3.8, 4) is 5.75 Å². The number of carbonyl (C=O) groups excluding carboxylic acids is 1. The lowest BCUT2D eigenvalue weighted by atomic mass is 10.2. The van der Waals surface area contributed by atoms with Gasteiger partial charge in [0.15, 0.2) is 0 Å². The number of ether oxygens (including phenoxy) is 1. The van der Waals surface area contributed by atoms with Crippen LogP contribution < -0.4 is 10.1 Å². The van der Waals surface area contributed by atoms with Crippen molar-refractivity contribution in [3.63, 3.8) is 0 Å². The van der Waals surface area contributed by atoms with Gasteiger partial charge in [0.2, 0.25) is 0 Å². The summed E-state index contributed by atoms with van der Waals surface area (Å²) < 4.78 is 40.8. The van der Waals surface area contributed by atoms with Crippen LogP contribution >= 0.6 is 10.7 Å². The summed E-state index contributed by atoms with van der Waals surface area (Å²) in [6.45, 7) is 0.435. The highest BCUT2D eigenvalue weighted by Crippen LogP contribution is 2.28. The smallest absolute Gasteiger partial charge is 0.264 e. The Labute approximate surface area is 101 Å². The van der Waals surface area contributed by atoms with Crippen molar-refractivity contribution in [2.75, 3.05) is 13.2 Å². The van der Waals surface area contributed by atoms with Gasteiger partial charge < -0.3 is 10.1 Å². The van der Waals surface area contributed by atoms with Crippen molar-refractivity contribution in [1.29, 1.82) is 0 Å². The van der Waals surface area contributed by atoms with Gasteiger partial charge in [-0.1, -0.05) is 0 Å². The molecule has 0 bridgehead atoms. The molecule has 17 heavy (non-hydrogen) atoms. The minimum atomic E-state index is -4.21. The molecule has 0 unspecified atom stereocenters. The molecule has 92 valence electrons. The lowest BCUT2D eigenvalue weighted by molar-refractivity contribution is 0.0956. The van der Waals surface area contributed by atoms with E-state index in [4.69, 9.17) is 15.4 Å². The molecule has 1 aromatic rings. The molecule has 1 aromatic carbocycles. The lowest BCUT2D eigenvalue weighted by Crippen LogP contribution is -2.24. The fraction of sp³-hybridized carbons (Fsp3) is 0.222. The van der Waals surface area contributed by atoms with E-state index in [1.807, 2.05) is 0 Å². The van der Waals surface area contributed by atoms with Crippen molar-refractivity contribution in [2.24, 2.45) is 0 Å². The highest BCUT2D eigenvalue weighted by atomic mass is 35.7. The average molecular weight is 280 g/mol. The molecule has 2 rings (SSSR count). The highest BCUT2D eigenvalue weighted by molar-refractivity contribution is 8.13. The van der Waals surface area contributed by atoms with E-state index in [0.29, 0.717) is 0 Å². The van der Waals surface area contributed by atoms with Gasteiger partial charge in [0, 0.05) is 16.7 Å². The zero-order valence-corrected chi connectivity index (χ0v) is 9.94. The van der Waals surface area contributed by atoms with Gasteiger partial charge in [-0.25, -0.2) is 12.8 Å². The predicted molar refractivity (Wildman–Crippen MR) is 57.3 cm³/mol. The minimum absolute atomic E-state index is 0.000579. The van der Waals surface area contributed by atoms with Crippen molar-refractivity contribution in [3.05, 3.63) is 23.5 Å². The summed E-state index contributed by atoms with van der Waals surface area (Å²) in [5.41, 5.74) is -0.0518. The normalized spacial score (nSPS) is 15.5. The van der Waals surface area contributed by atoms with Crippen molar-refractivity contribution < 1.29 is 22.3 Å². The molecule has 0 aromatic heterocycles. The second-order valence-electron chi connectivity index (χ2n) is 3.32. The predicted octanol–water partition coefficient (Wildman–Crippen LogP) is 0.875. The average Bonchev–Trinajstić information content (AvgIpc) is 2.39. The van der Waals surface area contributed by atoms with Crippen LogP contribution in [0.4, 0.5) is 4.39 Å². The first-order chi connectivity index (χ1) is 7.89. The Morgan fingerprint density at radius 1 is 1.41 bits per heavy atom. The minimum Gasteiger partial charge on any atom is -0.491 e. The molecule has 0 spiro atoms. The lowest BCUT2D eigenvalue weighted by Gasteiger charge is -2.07. The van der Waals surface area contributed by atoms with Crippen LogP contribution in [0.15, 0.2) is 17.0 Å². The van der Waals surface area contributed by atoms with Crippen LogP contribution in [0.3, 0.4) is 0 Å². The molecule has 5 nitrogen and oxygen atoms in total. The Balaban J connectivity index is 2.64. The summed E-state index contributed by atoms with van der Waals surface area (Å²) >= 11 is 0. The van der Waals surface area contributed by atoms with Crippen LogP contribution in [0.1, 0.15) is 10.4 Å². The SMILES string of the molecule is O=C1NCCOc2cc(S(=O)(=O)Cl)c(F)cc21. The molecule has 8 heteroatoms. The monoisotopic (exact) mass is 279 g/mol. The second kappa shape index (κ2) is 4.15. The standard InChI is InChI=1S/C9H7ClFNO4S/c10-17(14,15)8-4-7-5(3-6(8)11)9(13)12-1-2-16-7/h3-4H,1-2H2,(H,12,13). The van der Waals surface area contributed by atoms with Crippen molar-refractivity contribution in [2.45, 2.75) is 4.90 Å². The number of hydrogen-bond acceptors (Lipinski definition) is 4. The molecule has 1 aliphatic rings. The number of carbonyl (C=O) groups is 1. The van der Waals surface area contributed by atoms with E-state index in [-0.39, 0.29) is 24.5 Å². The largest absolute Gasteiger partial charge is 0.491 e. The topological polar surface area (TPSA) is 72.5 Å². The van der Waals surface area contributed by atoms with Crippen LogP contribution in [0, 0.1) is 5.82 Å². The van der Waals surface area contributed by atoms with E-state index in [1.54, 1.807) is 0 Å². The number of hydrogen-bond donors (Lipinski definition) is 1. The number of fused-ring (bicyclic) bond motifs is 1. The van der Waals surface area contributed by atoms with E-state index >= 15 is 0 Å². The van der Waals surface area contributed by atoms with E-state index < -0.39 is 25.7 Å². The Morgan fingerprint density at radius 2 is 2.12 bits per heavy atom. The van der Waals surface area contributed by atoms with E-state index in [1.165, 1.54) is 0 Å². The van der Waals surface area contributed by atoms with E-state index in [9.17, 15) is 17.6 Å². The van der Waals surface area contributed by atoms with Crippen LogP contribution in [0.2, 0.25) is 0 Å². The van der Waals surface area contributed by atoms with E-state index in [2.05, 4.69) is 5.32 Å². The van der Waals surface area contributed by atoms with Gasteiger partial charge >= 0.3 is 0 Å². The quantitative estimate of drug-likeness (QED) is 0.775. The van der Waals surface area contributed by atoms with E-state index in [0.717, 1.165) is 12.1 Å². The van der Waals surface area contributed by atoms with Gasteiger partial charge in [-0.05, 0) is 6.07 Å². The molecular weight excluding hydrogens is 273 g/mol. The molecule has 1 amide bonds. The van der Waals surface area contributed by atoms with Crippen LogP contribution in [-0.2, 0) is 9.05 Å². The maximum atomic E-state index is 13.5. The van der Waals surface area contributed by atoms with Gasteiger partial charge in [0.1, 0.15) is 23.1 Å². The molecule has 0 fully saturated rings. The number of benzene rings is 1. The number of rotatable bonds is 1. The molecular formula is C9H7ClFNO4S. The summed E-state index contributed by atoms with van der Waals surface area (Å²) in [6.07, 6.45) is 0. The third kappa shape index (κ3) is 2.34. The van der Waals surface area contributed by atoms with Crippen LogP contribution in [-0.4, -0.2) is 27.5 Å². The molecule has 0 atom stereocenters. The first-order valence-electron chi connectivity index (χ1n) is 4.59. The summed E-state index contributed by atoms with van der Waals surface area (Å²) in [5.74, 6) is -1.60. The molecule has 1 heterocycles. The first kappa shape index (κ1) is 12.1. The molecule has 0 radical (unpaired) electrons. The maximum absolute atomic E-state index is 13.5. The Hall–Kier alpha value is -1.34. The molecule has 1 aliphatic heterocycles. The summed E-state index contributed by atoms with van der Waals surface area (Å²) in [5, 5.41) is 2.47. The fourth-order valence-electron chi connectivity index (χ4n) is 1.44. The first-order valence-corrected chi connectivity index (χ1v) is 6.90. The zero-order chi connectivity index (χ0) is 12.6. The zero-order valence-electron chi connectivity index (χ0n) is 8.37. The molecule has 0 aliphatic carbocycles.